The molecule has 0 amide bonds. The topological polar surface area (TPSA) is 0 Å². The lowest BCUT2D eigenvalue weighted by atomic mass is 9.73. The summed E-state index contributed by atoms with van der Waals surface area (Å²) in [6, 6.07) is 17.6. The molecule has 104 valence electrons. The first-order valence-electron chi connectivity index (χ1n) is 7.56. The molecule has 0 N–H and O–H groups in total. The van der Waals surface area contributed by atoms with Crippen LogP contribution in [0.15, 0.2) is 65.2 Å². The van der Waals surface area contributed by atoms with Crippen LogP contribution >= 0.6 is 15.9 Å². The molecule has 21 heavy (non-hydrogen) atoms. The Hall–Kier alpha value is -1.60. The van der Waals surface area contributed by atoms with E-state index in [1.807, 2.05) is 0 Å². The Morgan fingerprint density at radius 2 is 1.76 bits per heavy atom. The van der Waals surface area contributed by atoms with Crippen molar-refractivity contribution in [3.8, 4) is 0 Å². The molecule has 2 aliphatic carbocycles. The smallest absolute Gasteiger partial charge is 0.0175 e. The van der Waals surface area contributed by atoms with Crippen LogP contribution in [-0.2, 0) is 0 Å². The SMILES string of the molecule is Brc1ccc(C2=c3ccccc3=CC3C=CCCC23)cc1. The molecule has 0 saturated heterocycles. The Morgan fingerprint density at radius 3 is 2.62 bits per heavy atom. The van der Waals surface area contributed by atoms with Gasteiger partial charge in [0.1, 0.15) is 0 Å². The van der Waals surface area contributed by atoms with E-state index in [9.17, 15) is 0 Å². The van der Waals surface area contributed by atoms with Crippen molar-refractivity contribution in [3.63, 3.8) is 0 Å². The monoisotopic (exact) mass is 336 g/mol. The summed E-state index contributed by atoms with van der Waals surface area (Å²) in [4.78, 5) is 0. The van der Waals surface area contributed by atoms with Crippen molar-refractivity contribution in [1.29, 1.82) is 0 Å². The van der Waals surface area contributed by atoms with Crippen molar-refractivity contribution >= 4 is 27.6 Å². The van der Waals surface area contributed by atoms with Crippen LogP contribution in [0.3, 0.4) is 0 Å². The van der Waals surface area contributed by atoms with Crippen LogP contribution < -0.4 is 10.4 Å². The molecule has 0 heterocycles. The van der Waals surface area contributed by atoms with Gasteiger partial charge in [-0.1, -0.05) is 70.6 Å². The third-order valence-corrected chi connectivity index (χ3v) is 5.14. The molecule has 2 unspecified atom stereocenters. The van der Waals surface area contributed by atoms with Gasteiger partial charge in [-0.15, -0.1) is 0 Å². The van der Waals surface area contributed by atoms with E-state index in [0.717, 1.165) is 4.47 Å². The number of hydrogen-bond donors (Lipinski definition) is 0. The number of halogens is 1. The molecule has 0 bridgehead atoms. The zero-order valence-electron chi connectivity index (χ0n) is 11.8. The first-order chi connectivity index (χ1) is 10.3. The summed E-state index contributed by atoms with van der Waals surface area (Å²) in [5.74, 6) is 1.17. The lowest BCUT2D eigenvalue weighted by Gasteiger charge is -2.31. The van der Waals surface area contributed by atoms with Gasteiger partial charge in [0.05, 0.1) is 0 Å². The molecular formula is C20H17Br. The second kappa shape index (κ2) is 5.31. The lowest BCUT2D eigenvalue weighted by molar-refractivity contribution is 0.523. The van der Waals surface area contributed by atoms with Crippen LogP contribution in [0.1, 0.15) is 18.4 Å². The third-order valence-electron chi connectivity index (χ3n) is 4.62. The molecule has 2 atom stereocenters. The molecule has 2 aromatic carbocycles. The van der Waals surface area contributed by atoms with Crippen molar-refractivity contribution in [1.82, 2.24) is 0 Å². The van der Waals surface area contributed by atoms with Gasteiger partial charge in [-0.25, -0.2) is 0 Å². The molecule has 4 rings (SSSR count). The standard InChI is InChI=1S/C20H17Br/c21-17-11-9-14(10-12-17)20-18-7-3-1-5-15(18)13-16-6-2-4-8-19(16)20/h1-3,5-7,9-13,16,19H,4,8H2. The highest BCUT2D eigenvalue weighted by Gasteiger charge is 2.27. The molecule has 2 aliphatic rings. The molecule has 0 fully saturated rings. The fourth-order valence-corrected chi connectivity index (χ4v) is 3.92. The van der Waals surface area contributed by atoms with Crippen molar-refractivity contribution in [2.24, 2.45) is 11.8 Å². The second-order valence-electron chi connectivity index (χ2n) is 5.86. The molecule has 0 nitrogen and oxygen atoms in total. The van der Waals surface area contributed by atoms with E-state index in [0.29, 0.717) is 11.8 Å². The summed E-state index contributed by atoms with van der Waals surface area (Å²) >= 11 is 3.54. The molecule has 1 heteroatoms. The van der Waals surface area contributed by atoms with Crippen LogP contribution in [0.5, 0.6) is 0 Å². The maximum Gasteiger partial charge on any atom is 0.0175 e. The number of benzene rings is 2. The molecule has 0 saturated carbocycles. The van der Waals surface area contributed by atoms with E-state index in [4.69, 9.17) is 0 Å². The van der Waals surface area contributed by atoms with Crippen molar-refractivity contribution in [3.05, 3.63) is 81.2 Å². The minimum Gasteiger partial charge on any atom is -0.0879 e. The van der Waals surface area contributed by atoms with E-state index in [-0.39, 0.29) is 0 Å². The summed E-state index contributed by atoms with van der Waals surface area (Å²) in [7, 11) is 0. The van der Waals surface area contributed by atoms with Gasteiger partial charge in [-0.05, 0) is 52.5 Å². The Balaban J connectivity index is 2.02. The summed E-state index contributed by atoms with van der Waals surface area (Å²) in [6.07, 6.45) is 9.61. The highest BCUT2D eigenvalue weighted by Crippen LogP contribution is 2.37. The van der Waals surface area contributed by atoms with Gasteiger partial charge in [-0.2, -0.15) is 0 Å². The summed E-state index contributed by atoms with van der Waals surface area (Å²) in [6.45, 7) is 0. The zero-order valence-corrected chi connectivity index (χ0v) is 13.4. The van der Waals surface area contributed by atoms with Gasteiger partial charge in [0.25, 0.3) is 0 Å². The minimum absolute atomic E-state index is 0.548. The summed E-state index contributed by atoms with van der Waals surface area (Å²) < 4.78 is 1.14. The normalized spacial score (nSPS) is 23.2. The zero-order chi connectivity index (χ0) is 14.2. The maximum absolute atomic E-state index is 3.54. The van der Waals surface area contributed by atoms with E-state index >= 15 is 0 Å². The average molecular weight is 337 g/mol. The van der Waals surface area contributed by atoms with Gasteiger partial charge in [-0.3, -0.25) is 0 Å². The third kappa shape index (κ3) is 2.30. The predicted octanol–water partition coefficient (Wildman–Crippen LogP) is 4.02. The van der Waals surface area contributed by atoms with Gasteiger partial charge in [0, 0.05) is 10.4 Å². The van der Waals surface area contributed by atoms with E-state index < -0.39 is 0 Å². The van der Waals surface area contributed by atoms with E-state index in [1.165, 1.54) is 34.4 Å². The Morgan fingerprint density at radius 1 is 0.952 bits per heavy atom. The van der Waals surface area contributed by atoms with Gasteiger partial charge < -0.3 is 0 Å². The van der Waals surface area contributed by atoms with Crippen molar-refractivity contribution < 1.29 is 0 Å². The number of fused-ring (bicyclic) bond motifs is 2. The fourth-order valence-electron chi connectivity index (χ4n) is 3.66. The molecule has 2 aromatic rings. The highest BCUT2D eigenvalue weighted by molar-refractivity contribution is 9.10. The summed E-state index contributed by atoms with van der Waals surface area (Å²) in [5, 5.41) is 2.79. The Kier molecular flexibility index (Phi) is 3.31. The molecular weight excluding hydrogens is 320 g/mol. The van der Waals surface area contributed by atoms with E-state index in [1.54, 1.807) is 0 Å². The number of rotatable bonds is 1. The molecule has 0 radical (unpaired) electrons. The first-order valence-corrected chi connectivity index (χ1v) is 8.36. The Labute approximate surface area is 133 Å². The summed E-state index contributed by atoms with van der Waals surface area (Å²) in [5.41, 5.74) is 2.89. The van der Waals surface area contributed by atoms with Crippen molar-refractivity contribution in [2.75, 3.05) is 0 Å². The Bertz CT molecular complexity index is 812. The molecule has 0 spiro atoms. The number of allylic oxidation sites excluding steroid dienone is 2. The van der Waals surface area contributed by atoms with E-state index in [2.05, 4.69) is 82.7 Å². The highest BCUT2D eigenvalue weighted by atomic mass is 79.9. The minimum atomic E-state index is 0.548. The fraction of sp³-hybridized carbons (Fsp3) is 0.200. The van der Waals surface area contributed by atoms with Crippen LogP contribution in [0.25, 0.3) is 11.6 Å². The van der Waals surface area contributed by atoms with Crippen LogP contribution in [0.4, 0.5) is 0 Å². The molecule has 0 aromatic heterocycles. The van der Waals surface area contributed by atoms with Crippen LogP contribution in [0.2, 0.25) is 0 Å². The lowest BCUT2D eigenvalue weighted by Crippen LogP contribution is -2.37. The number of hydrogen-bond acceptors (Lipinski definition) is 0. The van der Waals surface area contributed by atoms with Crippen molar-refractivity contribution in [2.45, 2.75) is 12.8 Å². The first kappa shape index (κ1) is 13.1. The molecule has 0 aliphatic heterocycles. The van der Waals surface area contributed by atoms with Gasteiger partial charge >= 0.3 is 0 Å². The quantitative estimate of drug-likeness (QED) is 0.690. The van der Waals surface area contributed by atoms with Gasteiger partial charge in [0.15, 0.2) is 0 Å². The average Bonchev–Trinajstić information content (AvgIpc) is 2.53. The predicted molar refractivity (Wildman–Crippen MR) is 92.2 cm³/mol. The van der Waals surface area contributed by atoms with Crippen LogP contribution in [0, 0.1) is 11.8 Å². The van der Waals surface area contributed by atoms with Crippen LogP contribution in [-0.4, -0.2) is 0 Å². The van der Waals surface area contributed by atoms with Gasteiger partial charge in [0.2, 0.25) is 0 Å². The maximum atomic E-state index is 3.54. The second-order valence-corrected chi connectivity index (χ2v) is 6.78. The largest absolute Gasteiger partial charge is 0.0879 e.